The minimum Gasteiger partial charge on any atom is -0.359 e. The summed E-state index contributed by atoms with van der Waals surface area (Å²) in [6, 6.07) is 2.07. The lowest BCUT2D eigenvalue weighted by molar-refractivity contribution is -0.137. The van der Waals surface area contributed by atoms with Gasteiger partial charge in [0.15, 0.2) is 5.11 Å². The number of halogens is 4. The van der Waals surface area contributed by atoms with E-state index in [1.54, 1.807) is 0 Å². The van der Waals surface area contributed by atoms with E-state index in [1.807, 2.05) is 0 Å². The molecule has 7 heteroatoms. The van der Waals surface area contributed by atoms with Crippen LogP contribution in [-0.4, -0.2) is 11.7 Å². The third-order valence-electron chi connectivity index (χ3n) is 1.95. The zero-order valence-electron chi connectivity index (χ0n) is 9.14. The van der Waals surface area contributed by atoms with Gasteiger partial charge in [-0.15, -0.1) is 6.58 Å². The summed E-state index contributed by atoms with van der Waals surface area (Å²) in [7, 11) is 0. The third kappa shape index (κ3) is 3.99. The van der Waals surface area contributed by atoms with Crippen molar-refractivity contribution in [2.45, 2.75) is 6.18 Å². The highest BCUT2D eigenvalue weighted by atomic mass is 32.1. The second-order valence-corrected chi connectivity index (χ2v) is 3.72. The molecule has 0 bridgehead atoms. The van der Waals surface area contributed by atoms with Crippen molar-refractivity contribution < 1.29 is 17.6 Å². The van der Waals surface area contributed by atoms with E-state index in [0.717, 1.165) is 6.07 Å². The van der Waals surface area contributed by atoms with E-state index in [0.29, 0.717) is 18.7 Å². The van der Waals surface area contributed by atoms with Crippen LogP contribution in [0.25, 0.3) is 0 Å². The summed E-state index contributed by atoms with van der Waals surface area (Å²) in [5.41, 5.74) is -1.27. The fourth-order valence-corrected chi connectivity index (χ4v) is 1.32. The Morgan fingerprint density at radius 3 is 2.61 bits per heavy atom. The SMILES string of the molecule is C=CCNC(=S)Nc1cc(C(F)(F)F)ccc1F. The molecule has 0 heterocycles. The molecule has 0 saturated heterocycles. The highest BCUT2D eigenvalue weighted by Gasteiger charge is 2.31. The second-order valence-electron chi connectivity index (χ2n) is 3.32. The van der Waals surface area contributed by atoms with Gasteiger partial charge < -0.3 is 10.6 Å². The van der Waals surface area contributed by atoms with Gasteiger partial charge >= 0.3 is 6.18 Å². The van der Waals surface area contributed by atoms with Gasteiger partial charge in [-0.25, -0.2) is 4.39 Å². The van der Waals surface area contributed by atoms with E-state index in [-0.39, 0.29) is 10.8 Å². The minimum atomic E-state index is -4.53. The Kier molecular flexibility index (Phi) is 4.66. The molecule has 18 heavy (non-hydrogen) atoms. The quantitative estimate of drug-likeness (QED) is 0.504. The van der Waals surface area contributed by atoms with Crippen LogP contribution >= 0.6 is 12.2 Å². The maximum atomic E-state index is 13.3. The Morgan fingerprint density at radius 1 is 1.39 bits per heavy atom. The monoisotopic (exact) mass is 278 g/mol. The van der Waals surface area contributed by atoms with Gasteiger partial charge in [-0.05, 0) is 30.4 Å². The summed E-state index contributed by atoms with van der Waals surface area (Å²) in [5, 5.41) is 5.00. The van der Waals surface area contributed by atoms with Gasteiger partial charge in [0.1, 0.15) is 5.82 Å². The summed E-state index contributed by atoms with van der Waals surface area (Å²) in [6.07, 6.45) is -3.02. The number of alkyl halides is 3. The molecule has 1 aromatic carbocycles. The van der Waals surface area contributed by atoms with Crippen molar-refractivity contribution in [1.82, 2.24) is 5.32 Å². The fraction of sp³-hybridized carbons (Fsp3) is 0.182. The molecule has 0 aliphatic rings. The van der Waals surface area contributed by atoms with E-state index >= 15 is 0 Å². The summed E-state index contributed by atoms with van der Waals surface area (Å²) < 4.78 is 50.6. The average Bonchev–Trinajstić information content (AvgIpc) is 2.28. The molecule has 0 unspecified atom stereocenters. The first-order chi connectivity index (χ1) is 8.34. The summed E-state index contributed by atoms with van der Waals surface area (Å²) in [4.78, 5) is 0. The van der Waals surface area contributed by atoms with Crippen LogP contribution in [0.1, 0.15) is 5.56 Å². The standard InChI is InChI=1S/C11H10F4N2S/c1-2-5-16-10(18)17-9-6-7(11(13,14)15)3-4-8(9)12/h2-4,6H,1,5H2,(H2,16,17,18). The molecule has 2 N–H and O–H groups in total. The second kappa shape index (κ2) is 5.81. The average molecular weight is 278 g/mol. The lowest BCUT2D eigenvalue weighted by Gasteiger charge is -2.12. The molecule has 0 amide bonds. The van der Waals surface area contributed by atoms with Gasteiger partial charge in [0.05, 0.1) is 11.3 Å². The lowest BCUT2D eigenvalue weighted by atomic mass is 10.2. The highest BCUT2D eigenvalue weighted by Crippen LogP contribution is 2.31. The largest absolute Gasteiger partial charge is 0.416 e. The first-order valence-electron chi connectivity index (χ1n) is 4.87. The van der Waals surface area contributed by atoms with E-state index in [2.05, 4.69) is 17.2 Å². The smallest absolute Gasteiger partial charge is 0.359 e. The minimum absolute atomic E-state index is 0.0214. The van der Waals surface area contributed by atoms with Crippen LogP contribution in [0.4, 0.5) is 23.2 Å². The van der Waals surface area contributed by atoms with Crippen LogP contribution in [0.2, 0.25) is 0 Å². The lowest BCUT2D eigenvalue weighted by Crippen LogP contribution is -2.28. The van der Waals surface area contributed by atoms with E-state index in [4.69, 9.17) is 12.2 Å². The van der Waals surface area contributed by atoms with Crippen LogP contribution in [-0.2, 0) is 6.18 Å². The molecular formula is C11H10F4N2S. The molecule has 0 saturated carbocycles. The maximum Gasteiger partial charge on any atom is 0.416 e. The normalized spacial score (nSPS) is 10.9. The predicted molar refractivity (Wildman–Crippen MR) is 65.8 cm³/mol. The number of hydrogen-bond acceptors (Lipinski definition) is 1. The molecule has 2 nitrogen and oxygen atoms in total. The van der Waals surface area contributed by atoms with Crippen molar-refractivity contribution in [3.8, 4) is 0 Å². The Hall–Kier alpha value is -1.63. The Bertz CT molecular complexity index is 457. The number of rotatable bonds is 3. The maximum absolute atomic E-state index is 13.3. The molecule has 0 aliphatic heterocycles. The number of hydrogen-bond donors (Lipinski definition) is 2. The van der Waals surface area contributed by atoms with Crippen molar-refractivity contribution in [1.29, 1.82) is 0 Å². The first-order valence-corrected chi connectivity index (χ1v) is 5.28. The fourth-order valence-electron chi connectivity index (χ4n) is 1.13. The Labute approximate surface area is 107 Å². The van der Waals surface area contributed by atoms with Crippen molar-refractivity contribution in [3.05, 3.63) is 42.2 Å². The predicted octanol–water partition coefficient (Wildman–Crippen LogP) is 3.32. The van der Waals surface area contributed by atoms with Gasteiger partial charge in [-0.1, -0.05) is 6.08 Å². The van der Waals surface area contributed by atoms with E-state index in [1.165, 1.54) is 6.08 Å². The Balaban J connectivity index is 2.88. The molecule has 0 atom stereocenters. The number of anilines is 1. The van der Waals surface area contributed by atoms with Gasteiger partial charge in [0.25, 0.3) is 0 Å². The molecule has 0 spiro atoms. The van der Waals surface area contributed by atoms with E-state index in [9.17, 15) is 17.6 Å². The summed E-state index contributed by atoms with van der Waals surface area (Å²) in [5.74, 6) is -0.814. The van der Waals surface area contributed by atoms with Crippen LogP contribution in [0.15, 0.2) is 30.9 Å². The molecule has 98 valence electrons. The molecular weight excluding hydrogens is 268 g/mol. The van der Waals surface area contributed by atoms with Gasteiger partial charge in [-0.2, -0.15) is 13.2 Å². The van der Waals surface area contributed by atoms with Crippen molar-refractivity contribution in [2.24, 2.45) is 0 Å². The van der Waals surface area contributed by atoms with Crippen LogP contribution in [0, 0.1) is 5.82 Å². The number of nitrogens with one attached hydrogen (secondary N) is 2. The van der Waals surface area contributed by atoms with Crippen molar-refractivity contribution in [3.63, 3.8) is 0 Å². The third-order valence-corrected chi connectivity index (χ3v) is 2.20. The van der Waals surface area contributed by atoms with Crippen molar-refractivity contribution in [2.75, 3.05) is 11.9 Å². The van der Waals surface area contributed by atoms with Gasteiger partial charge in [-0.3, -0.25) is 0 Å². The number of benzene rings is 1. The van der Waals surface area contributed by atoms with Crippen LogP contribution in [0.3, 0.4) is 0 Å². The topological polar surface area (TPSA) is 24.1 Å². The molecule has 1 aromatic rings. The zero-order valence-corrected chi connectivity index (χ0v) is 9.96. The van der Waals surface area contributed by atoms with Gasteiger partial charge in [0, 0.05) is 6.54 Å². The molecule has 0 radical (unpaired) electrons. The zero-order chi connectivity index (χ0) is 13.8. The molecule has 0 aromatic heterocycles. The van der Waals surface area contributed by atoms with Crippen LogP contribution in [0.5, 0.6) is 0 Å². The first kappa shape index (κ1) is 14.4. The van der Waals surface area contributed by atoms with Crippen molar-refractivity contribution >= 4 is 23.0 Å². The molecule has 0 aliphatic carbocycles. The summed E-state index contributed by atoms with van der Waals surface area (Å²) >= 11 is 4.78. The highest BCUT2D eigenvalue weighted by molar-refractivity contribution is 7.80. The van der Waals surface area contributed by atoms with E-state index < -0.39 is 17.6 Å². The molecule has 1 rings (SSSR count). The van der Waals surface area contributed by atoms with Gasteiger partial charge in [0.2, 0.25) is 0 Å². The Morgan fingerprint density at radius 2 is 2.06 bits per heavy atom. The summed E-state index contributed by atoms with van der Waals surface area (Å²) in [6.45, 7) is 3.76. The number of thiocarbonyl (C=S) groups is 1. The van der Waals surface area contributed by atoms with Crippen LogP contribution < -0.4 is 10.6 Å². The molecule has 0 fully saturated rings.